The number of nitrogens with one attached hydrogen (secondary N) is 3. The molecule has 180 valence electrons. The Kier molecular flexibility index (Phi) is 8.85. The normalized spacial score (nSPS) is 11.6. The monoisotopic (exact) mass is 491 g/mol. The number of ether oxygens (including phenoxy) is 1. The smallest absolute Gasteiger partial charge is 0.263 e. The van der Waals surface area contributed by atoms with E-state index in [2.05, 4.69) is 36.1 Å². The molecule has 1 amide bonds. The van der Waals surface area contributed by atoms with Crippen molar-refractivity contribution in [1.29, 1.82) is 0 Å². The molecule has 0 aliphatic heterocycles. The lowest BCUT2D eigenvalue weighted by Gasteiger charge is -2.21. The van der Waals surface area contributed by atoms with E-state index in [1.54, 1.807) is 25.2 Å². The Morgan fingerprint density at radius 3 is 2.39 bits per heavy atom. The third kappa shape index (κ3) is 6.91. The first-order valence-corrected chi connectivity index (χ1v) is 12.6. The van der Waals surface area contributed by atoms with Gasteiger partial charge in [0.05, 0.1) is 17.6 Å². The molecule has 0 aromatic heterocycles. The van der Waals surface area contributed by atoms with Crippen LogP contribution < -0.4 is 20.1 Å². The fourth-order valence-corrected chi connectivity index (χ4v) is 4.94. The molecule has 0 aliphatic rings. The second-order valence-corrected chi connectivity index (χ2v) is 10.7. The van der Waals surface area contributed by atoms with Gasteiger partial charge in [-0.2, -0.15) is 0 Å². The van der Waals surface area contributed by atoms with E-state index in [4.69, 9.17) is 17.0 Å². The maximum absolute atomic E-state index is 12.9. The fraction of sp³-hybridized carbons (Fsp3) is 0.417. The van der Waals surface area contributed by atoms with Crippen molar-refractivity contribution in [3.63, 3.8) is 0 Å². The maximum atomic E-state index is 12.9. The highest BCUT2D eigenvalue weighted by Crippen LogP contribution is 2.28. The van der Waals surface area contributed by atoms with Gasteiger partial charge in [-0.1, -0.05) is 45.9 Å². The molecule has 33 heavy (non-hydrogen) atoms. The first kappa shape index (κ1) is 26.6. The summed E-state index contributed by atoms with van der Waals surface area (Å²) in [6.07, 6.45) is 1.03. The first-order chi connectivity index (χ1) is 15.4. The van der Waals surface area contributed by atoms with Crippen LogP contribution in [0.3, 0.4) is 0 Å². The molecule has 0 unspecified atom stereocenters. The number of hydrogen-bond acceptors (Lipinski definition) is 5. The van der Waals surface area contributed by atoms with Crippen LogP contribution in [0.4, 0.5) is 0 Å². The first-order valence-electron chi connectivity index (χ1n) is 10.8. The summed E-state index contributed by atoms with van der Waals surface area (Å²) in [5, 5.41) is 5.55. The summed E-state index contributed by atoms with van der Waals surface area (Å²) >= 11 is 4.95. The Hall–Kier alpha value is -2.65. The SMILES string of the molecule is CCc1ccc(CCNC(=O)c2cc(C(C)(C)C)ccc2OC)cc1S(=O)(=O)NC(=S)NC. The van der Waals surface area contributed by atoms with Crippen molar-refractivity contribution in [2.45, 2.75) is 50.8 Å². The molecule has 0 saturated heterocycles. The minimum Gasteiger partial charge on any atom is -0.496 e. The maximum Gasteiger partial charge on any atom is 0.263 e. The lowest BCUT2D eigenvalue weighted by Crippen LogP contribution is -2.37. The van der Waals surface area contributed by atoms with Gasteiger partial charge in [-0.15, -0.1) is 0 Å². The van der Waals surface area contributed by atoms with E-state index in [0.717, 1.165) is 11.1 Å². The Labute approximate surface area is 202 Å². The van der Waals surface area contributed by atoms with Crippen LogP contribution in [0, 0.1) is 0 Å². The summed E-state index contributed by atoms with van der Waals surface area (Å²) in [5.41, 5.74) is 2.88. The number of methoxy groups -OCH3 is 1. The van der Waals surface area contributed by atoms with Crippen molar-refractivity contribution < 1.29 is 17.9 Å². The molecule has 0 heterocycles. The molecule has 0 fully saturated rings. The summed E-state index contributed by atoms with van der Waals surface area (Å²) in [4.78, 5) is 13.0. The van der Waals surface area contributed by atoms with Crippen molar-refractivity contribution in [2.75, 3.05) is 20.7 Å². The van der Waals surface area contributed by atoms with Gasteiger partial charge in [0.1, 0.15) is 5.75 Å². The quantitative estimate of drug-likeness (QED) is 0.491. The van der Waals surface area contributed by atoms with Crippen LogP contribution in [0.15, 0.2) is 41.3 Å². The average molecular weight is 492 g/mol. The number of carbonyl (C=O) groups excluding carboxylic acids is 1. The molecule has 0 radical (unpaired) electrons. The molecule has 7 nitrogen and oxygen atoms in total. The van der Waals surface area contributed by atoms with Crippen LogP contribution in [0.5, 0.6) is 5.75 Å². The number of benzene rings is 2. The van der Waals surface area contributed by atoms with Crippen molar-refractivity contribution in [1.82, 2.24) is 15.4 Å². The van der Waals surface area contributed by atoms with Gasteiger partial charge < -0.3 is 15.4 Å². The van der Waals surface area contributed by atoms with Gasteiger partial charge in [0.25, 0.3) is 15.9 Å². The van der Waals surface area contributed by atoms with E-state index in [9.17, 15) is 13.2 Å². The average Bonchev–Trinajstić information content (AvgIpc) is 2.77. The highest BCUT2D eigenvalue weighted by Gasteiger charge is 2.21. The van der Waals surface area contributed by atoms with Crippen molar-refractivity contribution in [2.24, 2.45) is 0 Å². The molecule has 9 heteroatoms. The molecule has 0 bridgehead atoms. The molecule has 2 rings (SSSR count). The molecule has 0 aliphatic carbocycles. The van der Waals surface area contributed by atoms with Gasteiger partial charge in [0, 0.05) is 13.6 Å². The molecule has 0 spiro atoms. The number of amides is 1. The van der Waals surface area contributed by atoms with Crippen molar-refractivity contribution >= 4 is 33.3 Å². The Morgan fingerprint density at radius 2 is 1.82 bits per heavy atom. The lowest BCUT2D eigenvalue weighted by molar-refractivity contribution is 0.0951. The summed E-state index contributed by atoms with van der Waals surface area (Å²) in [5.74, 6) is 0.268. The van der Waals surface area contributed by atoms with Gasteiger partial charge in [-0.3, -0.25) is 9.52 Å². The Morgan fingerprint density at radius 1 is 1.12 bits per heavy atom. The van der Waals surface area contributed by atoms with Gasteiger partial charge in [0.15, 0.2) is 5.11 Å². The van der Waals surface area contributed by atoms with Crippen LogP contribution in [0.1, 0.15) is 54.7 Å². The summed E-state index contributed by atoms with van der Waals surface area (Å²) < 4.78 is 33.3. The van der Waals surface area contributed by atoms with Crippen LogP contribution in [0.2, 0.25) is 0 Å². The Balaban J connectivity index is 2.18. The van der Waals surface area contributed by atoms with Crippen LogP contribution in [0.25, 0.3) is 0 Å². The number of aryl methyl sites for hydroxylation is 1. The molecule has 0 atom stereocenters. The zero-order valence-electron chi connectivity index (χ0n) is 20.0. The predicted octanol–water partition coefficient (Wildman–Crippen LogP) is 3.31. The van der Waals surface area contributed by atoms with Crippen LogP contribution in [-0.2, 0) is 28.3 Å². The summed E-state index contributed by atoms with van der Waals surface area (Å²) in [6.45, 7) is 8.49. The third-order valence-electron chi connectivity index (χ3n) is 5.27. The van der Waals surface area contributed by atoms with Gasteiger partial charge in [-0.25, -0.2) is 8.42 Å². The molecule has 3 N–H and O–H groups in total. The number of hydrogen-bond donors (Lipinski definition) is 3. The van der Waals surface area contributed by atoms with E-state index in [1.807, 2.05) is 25.1 Å². The number of thiocarbonyl (C=S) groups is 1. The summed E-state index contributed by atoms with van der Waals surface area (Å²) in [6, 6.07) is 10.9. The number of sulfonamides is 1. The largest absolute Gasteiger partial charge is 0.496 e. The minimum absolute atomic E-state index is 0.0288. The predicted molar refractivity (Wildman–Crippen MR) is 136 cm³/mol. The second-order valence-electron chi connectivity index (χ2n) is 8.65. The molecule has 2 aromatic carbocycles. The molecular weight excluding hydrogens is 458 g/mol. The number of carbonyl (C=O) groups is 1. The van der Waals surface area contributed by atoms with Gasteiger partial charge in [0.2, 0.25) is 0 Å². The van der Waals surface area contributed by atoms with E-state index in [0.29, 0.717) is 36.3 Å². The summed E-state index contributed by atoms with van der Waals surface area (Å²) in [7, 11) is -0.719. The van der Waals surface area contributed by atoms with Gasteiger partial charge >= 0.3 is 0 Å². The standard InChI is InChI=1S/C24H33N3O4S2/c1-7-17-9-8-16(14-21(17)33(29,30)27-23(32)25-5)12-13-26-22(28)19-15-18(24(2,3)4)10-11-20(19)31-6/h8-11,14-15H,7,12-13H2,1-6H3,(H,26,28)(H2,25,27,32). The zero-order chi connectivity index (χ0) is 24.8. The second kappa shape index (κ2) is 11.0. The van der Waals surface area contributed by atoms with E-state index in [1.165, 1.54) is 7.11 Å². The van der Waals surface area contributed by atoms with Crippen LogP contribution >= 0.6 is 12.2 Å². The highest BCUT2D eigenvalue weighted by molar-refractivity contribution is 7.91. The van der Waals surface area contributed by atoms with E-state index < -0.39 is 10.0 Å². The molecule has 0 saturated carbocycles. The lowest BCUT2D eigenvalue weighted by atomic mass is 9.86. The Bertz CT molecular complexity index is 1120. The van der Waals surface area contributed by atoms with E-state index >= 15 is 0 Å². The third-order valence-corrected chi connectivity index (χ3v) is 7.13. The molecule has 2 aromatic rings. The highest BCUT2D eigenvalue weighted by atomic mass is 32.2. The zero-order valence-corrected chi connectivity index (χ0v) is 21.7. The number of rotatable bonds is 8. The fourth-order valence-electron chi connectivity index (χ4n) is 3.29. The van der Waals surface area contributed by atoms with Crippen LogP contribution in [-0.4, -0.2) is 40.1 Å². The molecular formula is C24H33N3O4S2. The van der Waals surface area contributed by atoms with Crippen molar-refractivity contribution in [3.05, 3.63) is 58.7 Å². The van der Waals surface area contributed by atoms with Gasteiger partial charge in [-0.05, 0) is 65.4 Å². The minimum atomic E-state index is -3.81. The van der Waals surface area contributed by atoms with E-state index in [-0.39, 0.29) is 21.3 Å². The van der Waals surface area contributed by atoms with Crippen molar-refractivity contribution in [3.8, 4) is 5.75 Å². The topological polar surface area (TPSA) is 96.5 Å².